The monoisotopic (exact) mass is 256 g/mol. The van der Waals surface area contributed by atoms with E-state index in [4.69, 9.17) is 4.74 Å². The first-order valence-electron chi connectivity index (χ1n) is 6.17. The first-order chi connectivity index (χ1) is 7.88. The van der Waals surface area contributed by atoms with Gasteiger partial charge < -0.3 is 9.84 Å². The highest BCUT2D eigenvalue weighted by Gasteiger charge is 2.31. The largest absolute Gasteiger partial charge is 0.390 e. The van der Waals surface area contributed by atoms with Gasteiger partial charge in [0.1, 0.15) is 0 Å². The number of rotatable bonds is 5. The van der Waals surface area contributed by atoms with E-state index in [0.717, 1.165) is 6.42 Å². The molecule has 2 nitrogen and oxygen atoms in total. The maximum Gasteiger partial charge on any atom is 0.0881 e. The maximum absolute atomic E-state index is 10.3. The van der Waals surface area contributed by atoms with Crippen LogP contribution in [0.1, 0.15) is 37.4 Å². The van der Waals surface area contributed by atoms with E-state index in [1.807, 2.05) is 0 Å². The lowest BCUT2D eigenvalue weighted by atomic mass is 9.84. The van der Waals surface area contributed by atoms with Crippen LogP contribution in [0.3, 0.4) is 0 Å². The number of aliphatic hydroxyl groups is 1. The van der Waals surface area contributed by atoms with Gasteiger partial charge in [0.25, 0.3) is 0 Å². The lowest BCUT2D eigenvalue weighted by molar-refractivity contribution is -0.0696. The highest BCUT2D eigenvalue weighted by Crippen LogP contribution is 2.27. The molecule has 1 N–H and O–H groups in total. The first-order valence-corrected chi connectivity index (χ1v) is 6.98. The summed E-state index contributed by atoms with van der Waals surface area (Å²) in [6.07, 6.45) is 1.17. The molecule has 1 aromatic rings. The van der Waals surface area contributed by atoms with Crippen LogP contribution >= 0.6 is 11.3 Å². The lowest BCUT2D eigenvalue weighted by Crippen LogP contribution is -2.40. The summed E-state index contributed by atoms with van der Waals surface area (Å²) < 4.78 is 5.44. The molecule has 1 heterocycles. The van der Waals surface area contributed by atoms with Gasteiger partial charge in [0.2, 0.25) is 0 Å². The molecule has 0 aliphatic rings. The molecule has 0 saturated heterocycles. The fourth-order valence-corrected chi connectivity index (χ4v) is 3.13. The van der Waals surface area contributed by atoms with Crippen molar-refractivity contribution in [2.24, 2.45) is 5.41 Å². The summed E-state index contributed by atoms with van der Waals surface area (Å²) >= 11 is 1.78. The van der Waals surface area contributed by atoms with Crippen molar-refractivity contribution in [1.29, 1.82) is 0 Å². The molecule has 0 aliphatic heterocycles. The Labute approximate surface area is 109 Å². The number of hydrogen-bond donors (Lipinski definition) is 1. The van der Waals surface area contributed by atoms with Crippen molar-refractivity contribution in [3.8, 4) is 0 Å². The smallest absolute Gasteiger partial charge is 0.0881 e. The zero-order chi connectivity index (χ0) is 13.1. The van der Waals surface area contributed by atoms with Gasteiger partial charge in [-0.15, -0.1) is 11.3 Å². The molecule has 17 heavy (non-hydrogen) atoms. The van der Waals surface area contributed by atoms with Crippen LogP contribution < -0.4 is 0 Å². The van der Waals surface area contributed by atoms with Crippen LogP contribution in [0.5, 0.6) is 0 Å². The van der Waals surface area contributed by atoms with E-state index >= 15 is 0 Å². The Hall–Kier alpha value is -0.380. The Kier molecular flexibility index (Phi) is 5.17. The van der Waals surface area contributed by atoms with E-state index in [-0.39, 0.29) is 11.5 Å². The predicted octanol–water partition coefficient (Wildman–Crippen LogP) is 3.28. The minimum Gasteiger partial charge on any atom is -0.390 e. The number of aryl methyl sites for hydroxylation is 1. The van der Waals surface area contributed by atoms with Crippen LogP contribution in [-0.2, 0) is 17.6 Å². The van der Waals surface area contributed by atoms with Crippen molar-refractivity contribution in [3.05, 3.63) is 21.9 Å². The SMILES string of the molecule is CCc1ccc(CC(O)C(OC)C(C)(C)C)s1. The van der Waals surface area contributed by atoms with Crippen LogP contribution in [0, 0.1) is 5.41 Å². The second-order valence-corrected chi connectivity index (χ2v) is 6.77. The topological polar surface area (TPSA) is 29.5 Å². The summed E-state index contributed by atoms with van der Waals surface area (Å²) in [4.78, 5) is 2.61. The second-order valence-electron chi connectivity index (χ2n) is 5.52. The summed E-state index contributed by atoms with van der Waals surface area (Å²) in [6.45, 7) is 8.43. The molecule has 0 saturated carbocycles. The molecule has 0 amide bonds. The fraction of sp³-hybridized carbons (Fsp3) is 0.714. The van der Waals surface area contributed by atoms with Gasteiger partial charge in [0.15, 0.2) is 0 Å². The zero-order valence-corrected chi connectivity index (χ0v) is 12.3. The van der Waals surface area contributed by atoms with Crippen molar-refractivity contribution in [3.63, 3.8) is 0 Å². The molecule has 98 valence electrons. The van der Waals surface area contributed by atoms with Crippen LogP contribution in [0.15, 0.2) is 12.1 Å². The molecule has 0 spiro atoms. The van der Waals surface area contributed by atoms with Crippen LogP contribution in [0.25, 0.3) is 0 Å². The molecule has 2 atom stereocenters. The van der Waals surface area contributed by atoms with E-state index < -0.39 is 6.10 Å². The van der Waals surface area contributed by atoms with Crippen LogP contribution in [0.2, 0.25) is 0 Å². The van der Waals surface area contributed by atoms with Crippen LogP contribution in [-0.4, -0.2) is 24.4 Å². The number of aliphatic hydroxyl groups excluding tert-OH is 1. The molecule has 1 rings (SSSR count). The van der Waals surface area contributed by atoms with Gasteiger partial charge in [-0.05, 0) is 24.0 Å². The Morgan fingerprint density at radius 3 is 2.29 bits per heavy atom. The number of methoxy groups -OCH3 is 1. The predicted molar refractivity (Wildman–Crippen MR) is 73.7 cm³/mol. The summed E-state index contributed by atoms with van der Waals surface area (Å²) in [5.41, 5.74) is -0.0426. The van der Waals surface area contributed by atoms with E-state index in [1.54, 1.807) is 18.4 Å². The number of hydrogen-bond acceptors (Lipinski definition) is 3. The molecule has 1 aromatic heterocycles. The third kappa shape index (κ3) is 4.09. The van der Waals surface area contributed by atoms with Crippen molar-refractivity contribution >= 4 is 11.3 Å². The van der Waals surface area contributed by atoms with E-state index in [2.05, 4.69) is 39.8 Å². The number of ether oxygens (including phenoxy) is 1. The maximum atomic E-state index is 10.3. The molecule has 0 bridgehead atoms. The van der Waals surface area contributed by atoms with Gasteiger partial charge >= 0.3 is 0 Å². The molecule has 0 aliphatic carbocycles. The van der Waals surface area contributed by atoms with Crippen molar-refractivity contribution in [1.82, 2.24) is 0 Å². The van der Waals surface area contributed by atoms with Crippen LogP contribution in [0.4, 0.5) is 0 Å². The summed E-state index contributed by atoms with van der Waals surface area (Å²) in [6, 6.07) is 4.26. The molecule has 0 aromatic carbocycles. The minimum atomic E-state index is -0.441. The molecule has 3 heteroatoms. The third-order valence-electron chi connectivity index (χ3n) is 2.93. The summed E-state index contributed by atoms with van der Waals surface area (Å²) in [7, 11) is 1.67. The Balaban J connectivity index is 2.67. The van der Waals surface area contributed by atoms with E-state index in [0.29, 0.717) is 6.42 Å². The highest BCUT2D eigenvalue weighted by molar-refractivity contribution is 7.11. The second kappa shape index (κ2) is 5.98. The zero-order valence-electron chi connectivity index (χ0n) is 11.5. The van der Waals surface area contributed by atoms with Gasteiger partial charge in [-0.25, -0.2) is 0 Å². The minimum absolute atomic E-state index is 0.0426. The quantitative estimate of drug-likeness (QED) is 0.876. The van der Waals surface area contributed by atoms with Gasteiger partial charge in [0.05, 0.1) is 12.2 Å². The van der Waals surface area contributed by atoms with Gasteiger partial charge in [-0.1, -0.05) is 27.7 Å². The highest BCUT2D eigenvalue weighted by atomic mass is 32.1. The standard InChI is InChI=1S/C14H24O2S/c1-6-10-7-8-11(17-10)9-12(15)13(16-5)14(2,3)4/h7-8,12-13,15H,6,9H2,1-5H3. The fourth-order valence-electron chi connectivity index (χ4n) is 2.12. The van der Waals surface area contributed by atoms with E-state index in [1.165, 1.54) is 9.75 Å². The Bertz CT molecular complexity index is 338. The van der Waals surface area contributed by atoms with Crippen molar-refractivity contribution in [2.75, 3.05) is 7.11 Å². The van der Waals surface area contributed by atoms with Gasteiger partial charge in [-0.3, -0.25) is 0 Å². The van der Waals surface area contributed by atoms with Crippen molar-refractivity contribution < 1.29 is 9.84 Å². The van der Waals surface area contributed by atoms with Gasteiger partial charge in [-0.2, -0.15) is 0 Å². The first kappa shape index (κ1) is 14.7. The van der Waals surface area contributed by atoms with E-state index in [9.17, 15) is 5.11 Å². The third-order valence-corrected chi connectivity index (χ3v) is 4.18. The molecular weight excluding hydrogens is 232 g/mol. The average Bonchev–Trinajstić information content (AvgIpc) is 2.64. The van der Waals surface area contributed by atoms with Gasteiger partial charge in [0, 0.05) is 23.3 Å². The Morgan fingerprint density at radius 1 is 1.29 bits per heavy atom. The lowest BCUT2D eigenvalue weighted by Gasteiger charge is -2.33. The molecule has 0 radical (unpaired) electrons. The molecule has 2 unspecified atom stereocenters. The molecule has 0 fully saturated rings. The van der Waals surface area contributed by atoms with Crippen molar-refractivity contribution in [2.45, 2.75) is 52.7 Å². The summed E-state index contributed by atoms with van der Waals surface area (Å²) in [5.74, 6) is 0. The molecular formula is C14H24O2S. The Morgan fingerprint density at radius 2 is 1.88 bits per heavy atom. The number of thiophene rings is 1. The normalized spacial score (nSPS) is 15.9. The average molecular weight is 256 g/mol. The summed E-state index contributed by atoms with van der Waals surface area (Å²) in [5, 5.41) is 10.3.